The summed E-state index contributed by atoms with van der Waals surface area (Å²) in [5.41, 5.74) is 0.341. The topological polar surface area (TPSA) is 74.6 Å². The van der Waals surface area contributed by atoms with Gasteiger partial charge < -0.3 is 20.0 Å². The first-order valence-corrected chi connectivity index (χ1v) is 10.0. The van der Waals surface area contributed by atoms with Crippen LogP contribution in [0.3, 0.4) is 0 Å². The van der Waals surface area contributed by atoms with E-state index in [4.69, 9.17) is 4.42 Å². The summed E-state index contributed by atoms with van der Waals surface area (Å²) < 4.78 is 5.48. The van der Waals surface area contributed by atoms with Gasteiger partial charge in [0.2, 0.25) is 0 Å². The van der Waals surface area contributed by atoms with Gasteiger partial charge in [-0.1, -0.05) is 0 Å². The second kappa shape index (κ2) is 9.33. The highest BCUT2D eigenvalue weighted by molar-refractivity contribution is 5.95. The molecule has 2 N–H and O–H groups in total. The first-order chi connectivity index (χ1) is 12.6. The number of carbonyl (C=O) groups excluding carboxylic acids is 1. The molecule has 1 atom stereocenters. The van der Waals surface area contributed by atoms with E-state index in [0.29, 0.717) is 17.9 Å². The van der Waals surface area contributed by atoms with E-state index in [9.17, 15) is 9.59 Å². The molecule has 0 radical (unpaired) electrons. The van der Waals surface area contributed by atoms with Gasteiger partial charge in [-0.15, -0.1) is 0 Å². The van der Waals surface area contributed by atoms with E-state index in [0.717, 1.165) is 45.3 Å². The number of amides is 1. The van der Waals surface area contributed by atoms with Crippen LogP contribution < -0.4 is 16.3 Å². The number of rotatable bonds is 7. The lowest BCUT2D eigenvalue weighted by Gasteiger charge is -2.22. The number of piperidine rings is 1. The van der Waals surface area contributed by atoms with Gasteiger partial charge in [0.25, 0.3) is 5.91 Å². The minimum Gasteiger partial charge on any atom is -0.427 e. The highest BCUT2D eigenvalue weighted by atomic mass is 16.4. The molecule has 2 aliphatic heterocycles. The molecule has 6 heteroatoms. The van der Waals surface area contributed by atoms with Crippen LogP contribution >= 0.6 is 0 Å². The van der Waals surface area contributed by atoms with Gasteiger partial charge in [-0.3, -0.25) is 4.79 Å². The predicted molar refractivity (Wildman–Crippen MR) is 102 cm³/mol. The predicted octanol–water partition coefficient (Wildman–Crippen LogP) is 2.02. The molecule has 2 saturated heterocycles. The van der Waals surface area contributed by atoms with E-state index in [1.165, 1.54) is 25.9 Å². The van der Waals surface area contributed by atoms with E-state index < -0.39 is 5.63 Å². The van der Waals surface area contributed by atoms with Gasteiger partial charge in [0.05, 0.1) is 0 Å². The largest absolute Gasteiger partial charge is 0.427 e. The van der Waals surface area contributed by atoms with E-state index in [-0.39, 0.29) is 17.4 Å². The number of aryl methyl sites for hydroxylation is 1. The van der Waals surface area contributed by atoms with Gasteiger partial charge >= 0.3 is 5.63 Å². The normalized spacial score (nSPS) is 21.0. The Morgan fingerprint density at radius 3 is 2.81 bits per heavy atom. The van der Waals surface area contributed by atoms with Crippen molar-refractivity contribution in [3.8, 4) is 0 Å². The highest BCUT2D eigenvalue weighted by Crippen LogP contribution is 2.23. The summed E-state index contributed by atoms with van der Waals surface area (Å²) in [6.07, 6.45) is 6.70. The summed E-state index contributed by atoms with van der Waals surface area (Å²) in [5, 5.41) is 6.20. The number of nitrogens with one attached hydrogen (secondary N) is 2. The zero-order chi connectivity index (χ0) is 18.4. The molecule has 0 bridgehead atoms. The number of nitrogens with zero attached hydrogens (tertiary/aromatic N) is 1. The zero-order valence-corrected chi connectivity index (χ0v) is 15.8. The van der Waals surface area contributed by atoms with E-state index in [1.54, 1.807) is 0 Å². The molecule has 1 aromatic heterocycles. The van der Waals surface area contributed by atoms with Gasteiger partial charge in [-0.05, 0) is 83.3 Å². The standard InChI is InChI=1S/C20H31N3O3/c1-15-13-17(16-7-6-8-21-14-16)26-20(25)18(15)19(24)22-9-2-3-10-23-11-4-5-12-23/h13,16,21H,2-12,14H2,1H3,(H,22,24). The van der Waals surface area contributed by atoms with Gasteiger partial charge in [0.15, 0.2) is 0 Å². The molecule has 0 saturated carbocycles. The molecule has 0 aliphatic carbocycles. The Morgan fingerprint density at radius 1 is 1.31 bits per heavy atom. The lowest BCUT2D eigenvalue weighted by atomic mass is 9.95. The van der Waals surface area contributed by atoms with E-state index >= 15 is 0 Å². The van der Waals surface area contributed by atoms with Crippen molar-refractivity contribution in [3.05, 3.63) is 33.4 Å². The lowest BCUT2D eigenvalue weighted by Crippen LogP contribution is -2.32. The molecule has 3 heterocycles. The minimum absolute atomic E-state index is 0.150. The van der Waals surface area contributed by atoms with Crippen molar-refractivity contribution >= 4 is 5.91 Å². The molecule has 0 spiro atoms. The molecule has 1 unspecified atom stereocenters. The number of likely N-dealkylation sites (tertiary alicyclic amines) is 1. The Morgan fingerprint density at radius 2 is 2.12 bits per heavy atom. The first kappa shape index (κ1) is 19.1. The first-order valence-electron chi connectivity index (χ1n) is 10.0. The fourth-order valence-corrected chi connectivity index (χ4v) is 3.96. The molecular weight excluding hydrogens is 330 g/mol. The highest BCUT2D eigenvalue weighted by Gasteiger charge is 2.22. The molecule has 6 nitrogen and oxygen atoms in total. The Hall–Kier alpha value is -1.66. The molecule has 0 aromatic carbocycles. The van der Waals surface area contributed by atoms with Crippen molar-refractivity contribution in [1.29, 1.82) is 0 Å². The third-order valence-corrected chi connectivity index (χ3v) is 5.48. The maximum Gasteiger partial charge on any atom is 0.349 e. The summed E-state index contributed by atoms with van der Waals surface area (Å²) in [6, 6.07) is 1.86. The van der Waals surface area contributed by atoms with Crippen molar-refractivity contribution in [3.63, 3.8) is 0 Å². The Labute approximate surface area is 155 Å². The Kier molecular flexibility index (Phi) is 6.86. The average Bonchev–Trinajstić information content (AvgIpc) is 3.15. The zero-order valence-electron chi connectivity index (χ0n) is 15.8. The summed E-state index contributed by atoms with van der Waals surface area (Å²) >= 11 is 0. The summed E-state index contributed by atoms with van der Waals surface area (Å²) in [5.74, 6) is 0.602. The van der Waals surface area contributed by atoms with Crippen LogP contribution in [0.4, 0.5) is 0 Å². The third kappa shape index (κ3) is 4.95. The van der Waals surface area contributed by atoms with Crippen LogP contribution in [-0.4, -0.2) is 50.1 Å². The van der Waals surface area contributed by atoms with Crippen LogP contribution in [0.15, 0.2) is 15.3 Å². The number of carbonyl (C=O) groups is 1. The summed E-state index contributed by atoms with van der Waals surface area (Å²) in [7, 11) is 0. The minimum atomic E-state index is -0.514. The number of hydrogen-bond acceptors (Lipinski definition) is 5. The van der Waals surface area contributed by atoms with Gasteiger partial charge in [0.1, 0.15) is 11.3 Å². The van der Waals surface area contributed by atoms with Crippen LogP contribution in [-0.2, 0) is 0 Å². The lowest BCUT2D eigenvalue weighted by molar-refractivity contribution is 0.0947. The smallest absolute Gasteiger partial charge is 0.349 e. The summed E-state index contributed by atoms with van der Waals surface area (Å²) in [4.78, 5) is 27.2. The molecule has 2 fully saturated rings. The molecule has 1 aromatic rings. The fraction of sp³-hybridized carbons (Fsp3) is 0.700. The monoisotopic (exact) mass is 361 g/mol. The second-order valence-electron chi connectivity index (χ2n) is 7.55. The Bertz CT molecular complexity index is 659. The fourth-order valence-electron chi connectivity index (χ4n) is 3.96. The van der Waals surface area contributed by atoms with Crippen LogP contribution in [0.2, 0.25) is 0 Å². The van der Waals surface area contributed by atoms with Crippen molar-refractivity contribution in [1.82, 2.24) is 15.5 Å². The summed E-state index contributed by atoms with van der Waals surface area (Å²) in [6.45, 7) is 7.76. The average molecular weight is 361 g/mol. The Balaban J connectivity index is 1.50. The van der Waals surface area contributed by atoms with Crippen molar-refractivity contribution in [2.45, 2.75) is 51.4 Å². The number of hydrogen-bond donors (Lipinski definition) is 2. The quantitative estimate of drug-likeness (QED) is 0.727. The van der Waals surface area contributed by atoms with Crippen LogP contribution in [0.5, 0.6) is 0 Å². The molecule has 1 amide bonds. The van der Waals surface area contributed by atoms with Crippen LogP contribution in [0.25, 0.3) is 0 Å². The SMILES string of the molecule is Cc1cc(C2CCCNC2)oc(=O)c1C(=O)NCCCCN1CCCC1. The molecule has 3 rings (SSSR count). The van der Waals surface area contributed by atoms with Gasteiger partial charge in [-0.25, -0.2) is 4.79 Å². The number of unbranched alkanes of at least 4 members (excludes halogenated alkanes) is 1. The molecular formula is C20H31N3O3. The maximum absolute atomic E-state index is 12.4. The van der Waals surface area contributed by atoms with Crippen LogP contribution in [0.1, 0.15) is 66.1 Å². The van der Waals surface area contributed by atoms with Gasteiger partial charge in [-0.2, -0.15) is 0 Å². The maximum atomic E-state index is 12.4. The molecule has 26 heavy (non-hydrogen) atoms. The van der Waals surface area contributed by atoms with Crippen molar-refractivity contribution < 1.29 is 9.21 Å². The van der Waals surface area contributed by atoms with Crippen LogP contribution in [0, 0.1) is 6.92 Å². The third-order valence-electron chi connectivity index (χ3n) is 5.48. The van der Waals surface area contributed by atoms with E-state index in [1.807, 2.05) is 13.0 Å². The van der Waals surface area contributed by atoms with Gasteiger partial charge in [0, 0.05) is 19.0 Å². The van der Waals surface area contributed by atoms with E-state index in [2.05, 4.69) is 15.5 Å². The van der Waals surface area contributed by atoms with Crippen molar-refractivity contribution in [2.24, 2.45) is 0 Å². The molecule has 144 valence electrons. The second-order valence-corrected chi connectivity index (χ2v) is 7.55. The van der Waals surface area contributed by atoms with Crippen molar-refractivity contribution in [2.75, 3.05) is 39.3 Å². The molecule has 2 aliphatic rings.